The van der Waals surface area contributed by atoms with Gasteiger partial charge in [-0.25, -0.2) is 5.43 Å². The van der Waals surface area contributed by atoms with Crippen LogP contribution in [0.25, 0.3) is 10.8 Å². The second-order valence-electron chi connectivity index (χ2n) is 6.02. The molecule has 0 aliphatic carbocycles. The number of hydrogen-bond acceptors (Lipinski definition) is 3. The summed E-state index contributed by atoms with van der Waals surface area (Å²) in [4.78, 5) is 23.9. The molecular weight excluding hydrogens is 326 g/mol. The third-order valence-electron chi connectivity index (χ3n) is 4.16. The molecule has 5 heteroatoms. The van der Waals surface area contributed by atoms with Gasteiger partial charge in [-0.3, -0.25) is 9.59 Å². The molecule has 5 nitrogen and oxygen atoms in total. The molecule has 0 aliphatic heterocycles. The Balaban J connectivity index is 1.65. The molecule has 0 saturated carbocycles. The summed E-state index contributed by atoms with van der Waals surface area (Å²) < 4.78 is 0. The van der Waals surface area contributed by atoms with Crippen LogP contribution in [0, 0.1) is 13.8 Å². The van der Waals surface area contributed by atoms with Gasteiger partial charge in [0.25, 0.3) is 0 Å². The van der Waals surface area contributed by atoms with Crippen LogP contribution in [0.3, 0.4) is 0 Å². The lowest BCUT2D eigenvalue weighted by molar-refractivity contribution is -0.136. The molecule has 0 unspecified atom stereocenters. The Labute approximate surface area is 151 Å². The highest BCUT2D eigenvalue weighted by Gasteiger charge is 2.13. The number of anilines is 1. The van der Waals surface area contributed by atoms with E-state index in [4.69, 9.17) is 0 Å². The fourth-order valence-corrected chi connectivity index (χ4v) is 2.58. The Bertz CT molecular complexity index is 1000. The second-order valence-corrected chi connectivity index (χ2v) is 6.02. The van der Waals surface area contributed by atoms with Crippen LogP contribution in [0.1, 0.15) is 16.7 Å². The number of hydrogen-bond donors (Lipinski definition) is 2. The molecular formula is C21H19N3O2. The normalized spacial score (nSPS) is 10.8. The first kappa shape index (κ1) is 17.4. The van der Waals surface area contributed by atoms with Gasteiger partial charge in [-0.1, -0.05) is 48.5 Å². The van der Waals surface area contributed by atoms with Crippen LogP contribution in [0.15, 0.2) is 65.8 Å². The van der Waals surface area contributed by atoms with E-state index in [-0.39, 0.29) is 0 Å². The smallest absolute Gasteiger partial charge is 0.318 e. The molecule has 3 aromatic rings. The highest BCUT2D eigenvalue weighted by Crippen LogP contribution is 2.17. The molecule has 0 heterocycles. The minimum absolute atomic E-state index is 0.575. The highest BCUT2D eigenvalue weighted by molar-refractivity contribution is 6.39. The highest BCUT2D eigenvalue weighted by atomic mass is 16.2. The Hall–Kier alpha value is -3.47. The van der Waals surface area contributed by atoms with Gasteiger partial charge in [0.05, 0.1) is 6.21 Å². The predicted octanol–water partition coefficient (Wildman–Crippen LogP) is 3.55. The molecule has 2 N–H and O–H groups in total. The molecule has 0 atom stereocenters. The van der Waals surface area contributed by atoms with E-state index in [0.717, 1.165) is 27.5 Å². The third kappa shape index (κ3) is 3.95. The molecule has 0 spiro atoms. The van der Waals surface area contributed by atoms with E-state index in [1.54, 1.807) is 6.07 Å². The summed E-state index contributed by atoms with van der Waals surface area (Å²) in [7, 11) is 0. The fourth-order valence-electron chi connectivity index (χ4n) is 2.58. The molecule has 130 valence electrons. The Morgan fingerprint density at radius 3 is 2.46 bits per heavy atom. The van der Waals surface area contributed by atoms with Gasteiger partial charge in [0.15, 0.2) is 0 Å². The van der Waals surface area contributed by atoms with Crippen molar-refractivity contribution in [2.24, 2.45) is 5.10 Å². The number of fused-ring (bicyclic) bond motifs is 1. The summed E-state index contributed by atoms with van der Waals surface area (Å²) >= 11 is 0. The van der Waals surface area contributed by atoms with Gasteiger partial charge in [-0.05, 0) is 47.9 Å². The average molecular weight is 345 g/mol. The van der Waals surface area contributed by atoms with Crippen molar-refractivity contribution in [3.8, 4) is 0 Å². The maximum absolute atomic E-state index is 12.0. The molecule has 0 bridgehead atoms. The van der Waals surface area contributed by atoms with Crippen molar-refractivity contribution >= 4 is 34.5 Å². The zero-order valence-corrected chi connectivity index (χ0v) is 14.6. The van der Waals surface area contributed by atoms with Crippen molar-refractivity contribution in [3.63, 3.8) is 0 Å². The minimum atomic E-state index is -0.820. The zero-order valence-electron chi connectivity index (χ0n) is 14.6. The van der Waals surface area contributed by atoms with Crippen molar-refractivity contribution in [1.82, 2.24) is 5.43 Å². The van der Waals surface area contributed by atoms with E-state index in [2.05, 4.69) is 15.8 Å². The van der Waals surface area contributed by atoms with Gasteiger partial charge < -0.3 is 5.32 Å². The first-order chi connectivity index (χ1) is 12.5. The quantitative estimate of drug-likeness (QED) is 0.433. The topological polar surface area (TPSA) is 70.6 Å². The SMILES string of the molecule is Cc1ccc(NC(=O)C(=O)N/N=C\c2cccc3ccccc23)cc1C. The van der Waals surface area contributed by atoms with Gasteiger partial charge in [-0.2, -0.15) is 5.10 Å². The largest absolute Gasteiger partial charge is 0.329 e. The molecule has 0 saturated heterocycles. The Morgan fingerprint density at radius 2 is 1.65 bits per heavy atom. The van der Waals surface area contributed by atoms with Crippen molar-refractivity contribution in [2.75, 3.05) is 5.32 Å². The number of carbonyl (C=O) groups is 2. The van der Waals surface area contributed by atoms with E-state index in [0.29, 0.717) is 5.69 Å². The van der Waals surface area contributed by atoms with E-state index in [1.807, 2.05) is 68.4 Å². The number of amides is 2. The van der Waals surface area contributed by atoms with E-state index in [9.17, 15) is 9.59 Å². The second kappa shape index (κ2) is 7.61. The standard InChI is InChI=1S/C21H19N3O2/c1-14-10-11-18(12-15(14)2)23-20(25)21(26)24-22-13-17-8-5-7-16-6-3-4-9-19(16)17/h3-13H,1-2H3,(H,23,25)(H,24,26)/b22-13-. The summed E-state index contributed by atoms with van der Waals surface area (Å²) in [5.74, 6) is -1.58. The molecule has 3 rings (SSSR count). The molecule has 0 aromatic heterocycles. The van der Waals surface area contributed by atoms with Crippen LogP contribution >= 0.6 is 0 Å². The number of hydrazone groups is 1. The van der Waals surface area contributed by atoms with Crippen molar-refractivity contribution in [1.29, 1.82) is 0 Å². The zero-order chi connectivity index (χ0) is 18.5. The van der Waals surface area contributed by atoms with Gasteiger partial charge in [0, 0.05) is 11.3 Å². The van der Waals surface area contributed by atoms with E-state index >= 15 is 0 Å². The monoisotopic (exact) mass is 345 g/mol. The number of nitrogens with one attached hydrogen (secondary N) is 2. The lowest BCUT2D eigenvalue weighted by Crippen LogP contribution is -2.32. The molecule has 0 radical (unpaired) electrons. The van der Waals surface area contributed by atoms with Gasteiger partial charge in [0.2, 0.25) is 0 Å². The van der Waals surface area contributed by atoms with Gasteiger partial charge in [-0.15, -0.1) is 0 Å². The van der Waals surface area contributed by atoms with Crippen molar-refractivity contribution < 1.29 is 9.59 Å². The number of benzene rings is 3. The van der Waals surface area contributed by atoms with Gasteiger partial charge >= 0.3 is 11.8 Å². The van der Waals surface area contributed by atoms with Crippen LogP contribution in [0.4, 0.5) is 5.69 Å². The number of nitrogens with zero attached hydrogens (tertiary/aromatic N) is 1. The summed E-state index contributed by atoms with van der Waals surface area (Å²) in [6.07, 6.45) is 1.53. The summed E-state index contributed by atoms with van der Waals surface area (Å²) in [6, 6.07) is 19.2. The maximum atomic E-state index is 12.0. The van der Waals surface area contributed by atoms with E-state index < -0.39 is 11.8 Å². The number of aryl methyl sites for hydroxylation is 2. The summed E-state index contributed by atoms with van der Waals surface area (Å²) in [5.41, 5.74) is 5.85. The Morgan fingerprint density at radius 1 is 0.885 bits per heavy atom. The fraction of sp³-hybridized carbons (Fsp3) is 0.0952. The Kier molecular flexibility index (Phi) is 5.08. The number of carbonyl (C=O) groups excluding carboxylic acids is 2. The van der Waals surface area contributed by atoms with Crippen LogP contribution in [-0.4, -0.2) is 18.0 Å². The first-order valence-electron chi connectivity index (χ1n) is 8.24. The lowest BCUT2D eigenvalue weighted by Gasteiger charge is -2.06. The lowest BCUT2D eigenvalue weighted by atomic mass is 10.1. The van der Waals surface area contributed by atoms with Crippen LogP contribution < -0.4 is 10.7 Å². The van der Waals surface area contributed by atoms with Crippen LogP contribution in [0.5, 0.6) is 0 Å². The summed E-state index contributed by atoms with van der Waals surface area (Å²) in [5, 5.41) is 8.56. The third-order valence-corrected chi connectivity index (χ3v) is 4.16. The van der Waals surface area contributed by atoms with Crippen molar-refractivity contribution in [2.45, 2.75) is 13.8 Å². The molecule has 3 aromatic carbocycles. The maximum Gasteiger partial charge on any atom is 0.329 e. The van der Waals surface area contributed by atoms with Crippen molar-refractivity contribution in [3.05, 3.63) is 77.4 Å². The van der Waals surface area contributed by atoms with Crippen LogP contribution in [-0.2, 0) is 9.59 Å². The van der Waals surface area contributed by atoms with Crippen LogP contribution in [0.2, 0.25) is 0 Å². The minimum Gasteiger partial charge on any atom is -0.318 e. The average Bonchev–Trinajstić information content (AvgIpc) is 2.65. The predicted molar refractivity (Wildman–Crippen MR) is 104 cm³/mol. The van der Waals surface area contributed by atoms with Gasteiger partial charge in [0.1, 0.15) is 0 Å². The summed E-state index contributed by atoms with van der Waals surface area (Å²) in [6.45, 7) is 3.93. The first-order valence-corrected chi connectivity index (χ1v) is 8.24. The molecule has 0 fully saturated rings. The molecule has 0 aliphatic rings. The molecule has 2 amide bonds. The number of rotatable bonds is 3. The van der Waals surface area contributed by atoms with E-state index in [1.165, 1.54) is 6.21 Å². The molecule has 26 heavy (non-hydrogen) atoms.